The van der Waals surface area contributed by atoms with Gasteiger partial charge in [0, 0.05) is 19.2 Å². The lowest BCUT2D eigenvalue weighted by molar-refractivity contribution is 0.0430. The van der Waals surface area contributed by atoms with Gasteiger partial charge in [-0.05, 0) is 43.9 Å². The highest BCUT2D eigenvalue weighted by Gasteiger charge is 2.40. The van der Waals surface area contributed by atoms with Gasteiger partial charge in [0.05, 0.1) is 19.3 Å². The van der Waals surface area contributed by atoms with E-state index in [0.29, 0.717) is 6.10 Å². The van der Waals surface area contributed by atoms with E-state index in [1.165, 1.54) is 25.7 Å². The van der Waals surface area contributed by atoms with Gasteiger partial charge in [-0.15, -0.1) is 0 Å². The molecule has 3 aliphatic rings. The van der Waals surface area contributed by atoms with Crippen LogP contribution in [0.15, 0.2) is 0 Å². The average Bonchev–Trinajstić information content (AvgIpc) is 3.20. The van der Waals surface area contributed by atoms with Gasteiger partial charge in [-0.3, -0.25) is 0 Å². The van der Waals surface area contributed by atoms with E-state index in [4.69, 9.17) is 9.47 Å². The van der Waals surface area contributed by atoms with E-state index in [9.17, 15) is 0 Å². The summed E-state index contributed by atoms with van der Waals surface area (Å²) in [5.74, 6) is 1.98. The molecule has 1 saturated heterocycles. The van der Waals surface area contributed by atoms with Gasteiger partial charge in [-0.2, -0.15) is 0 Å². The Kier molecular flexibility index (Phi) is 3.46. The molecule has 0 aromatic rings. The van der Waals surface area contributed by atoms with E-state index in [-0.39, 0.29) is 0 Å². The van der Waals surface area contributed by atoms with E-state index >= 15 is 0 Å². The largest absolute Gasteiger partial charge is 0.379 e. The van der Waals surface area contributed by atoms with Crippen LogP contribution in [-0.4, -0.2) is 38.5 Å². The minimum absolute atomic E-state index is 0.363. The molecule has 1 aliphatic heterocycles. The van der Waals surface area contributed by atoms with E-state index in [1.54, 1.807) is 0 Å². The number of hydrogen-bond acceptors (Lipinski definition) is 3. The molecule has 1 atom stereocenters. The lowest BCUT2D eigenvalue weighted by Gasteiger charge is -2.18. The SMILES string of the molecule is C(COC1CCOC1)NC(C1CC1)C1CC1. The first kappa shape index (κ1) is 11.0. The molecule has 3 nitrogen and oxygen atoms in total. The Balaban J connectivity index is 1.29. The van der Waals surface area contributed by atoms with Gasteiger partial charge >= 0.3 is 0 Å². The highest BCUT2D eigenvalue weighted by atomic mass is 16.5. The molecule has 0 radical (unpaired) electrons. The predicted molar refractivity (Wildman–Crippen MR) is 62.4 cm³/mol. The minimum Gasteiger partial charge on any atom is -0.379 e. The third-order valence-electron chi connectivity index (χ3n) is 3.98. The second-order valence-corrected chi connectivity index (χ2v) is 5.51. The topological polar surface area (TPSA) is 30.5 Å². The van der Waals surface area contributed by atoms with E-state index in [1.807, 2.05) is 0 Å². The van der Waals surface area contributed by atoms with Gasteiger partial charge in [-0.25, -0.2) is 0 Å². The maximum absolute atomic E-state index is 5.77. The van der Waals surface area contributed by atoms with Crippen LogP contribution in [0.3, 0.4) is 0 Å². The zero-order valence-electron chi connectivity index (χ0n) is 9.99. The fourth-order valence-corrected chi connectivity index (χ4v) is 2.72. The summed E-state index contributed by atoms with van der Waals surface area (Å²) < 4.78 is 11.1. The van der Waals surface area contributed by atoms with Crippen molar-refractivity contribution in [1.29, 1.82) is 0 Å². The smallest absolute Gasteiger partial charge is 0.0831 e. The Hall–Kier alpha value is -0.120. The van der Waals surface area contributed by atoms with Crippen molar-refractivity contribution in [2.24, 2.45) is 11.8 Å². The molecule has 2 saturated carbocycles. The number of hydrogen-bond donors (Lipinski definition) is 1. The second-order valence-electron chi connectivity index (χ2n) is 5.51. The molecule has 16 heavy (non-hydrogen) atoms. The third-order valence-corrected chi connectivity index (χ3v) is 3.98. The van der Waals surface area contributed by atoms with Crippen molar-refractivity contribution in [3.63, 3.8) is 0 Å². The molecule has 1 N–H and O–H groups in total. The van der Waals surface area contributed by atoms with Crippen LogP contribution in [0.5, 0.6) is 0 Å². The van der Waals surface area contributed by atoms with Crippen molar-refractivity contribution in [2.75, 3.05) is 26.4 Å². The molecular formula is C13H23NO2. The number of rotatable bonds is 7. The zero-order valence-corrected chi connectivity index (χ0v) is 9.99. The van der Waals surface area contributed by atoms with Crippen molar-refractivity contribution in [3.8, 4) is 0 Å². The Morgan fingerprint density at radius 2 is 1.88 bits per heavy atom. The normalized spacial score (nSPS) is 30.2. The Bertz CT molecular complexity index is 208. The predicted octanol–water partition coefficient (Wildman–Crippen LogP) is 1.57. The molecule has 92 valence electrons. The lowest BCUT2D eigenvalue weighted by Crippen LogP contribution is -2.36. The van der Waals surface area contributed by atoms with Gasteiger partial charge in [0.1, 0.15) is 0 Å². The molecule has 0 amide bonds. The highest BCUT2D eigenvalue weighted by molar-refractivity contribution is 4.96. The van der Waals surface area contributed by atoms with Crippen molar-refractivity contribution >= 4 is 0 Å². The summed E-state index contributed by atoms with van der Waals surface area (Å²) in [5.41, 5.74) is 0. The van der Waals surface area contributed by atoms with Crippen molar-refractivity contribution in [3.05, 3.63) is 0 Å². The highest BCUT2D eigenvalue weighted by Crippen LogP contribution is 2.44. The molecule has 1 unspecified atom stereocenters. The van der Waals surface area contributed by atoms with Gasteiger partial charge < -0.3 is 14.8 Å². The van der Waals surface area contributed by atoms with Gasteiger partial charge in [0.15, 0.2) is 0 Å². The van der Waals surface area contributed by atoms with Crippen LogP contribution in [0, 0.1) is 11.8 Å². The van der Waals surface area contributed by atoms with Gasteiger partial charge in [0.2, 0.25) is 0 Å². The molecule has 2 aliphatic carbocycles. The molecule has 1 heterocycles. The standard InChI is InChI=1S/C13H23NO2/c1-2-10(1)13(11-3-4-11)14-6-8-16-12-5-7-15-9-12/h10-14H,1-9H2. The Morgan fingerprint density at radius 1 is 1.12 bits per heavy atom. The number of nitrogens with one attached hydrogen (secondary N) is 1. The van der Waals surface area contributed by atoms with Gasteiger partial charge in [-0.1, -0.05) is 0 Å². The first-order valence-electron chi connectivity index (χ1n) is 6.86. The van der Waals surface area contributed by atoms with Crippen molar-refractivity contribution < 1.29 is 9.47 Å². The van der Waals surface area contributed by atoms with Crippen molar-refractivity contribution in [1.82, 2.24) is 5.32 Å². The average molecular weight is 225 g/mol. The van der Waals surface area contributed by atoms with Crippen LogP contribution in [0.25, 0.3) is 0 Å². The second kappa shape index (κ2) is 5.03. The monoisotopic (exact) mass is 225 g/mol. The van der Waals surface area contributed by atoms with E-state index in [0.717, 1.165) is 50.7 Å². The molecule has 3 heteroatoms. The first-order chi connectivity index (χ1) is 7.93. The van der Waals surface area contributed by atoms with Crippen molar-refractivity contribution in [2.45, 2.75) is 44.2 Å². The summed E-state index contributed by atoms with van der Waals surface area (Å²) in [6.07, 6.45) is 7.24. The molecule has 0 spiro atoms. The van der Waals surface area contributed by atoms with Crippen LogP contribution < -0.4 is 5.32 Å². The quantitative estimate of drug-likeness (QED) is 0.667. The first-order valence-corrected chi connectivity index (χ1v) is 6.86. The summed E-state index contributed by atoms with van der Waals surface area (Å²) >= 11 is 0. The molecular weight excluding hydrogens is 202 g/mol. The third kappa shape index (κ3) is 2.96. The molecule has 0 aromatic heterocycles. The Morgan fingerprint density at radius 3 is 2.44 bits per heavy atom. The van der Waals surface area contributed by atoms with Crippen LogP contribution in [0.1, 0.15) is 32.1 Å². The molecule has 3 rings (SSSR count). The molecule has 0 bridgehead atoms. The van der Waals surface area contributed by atoms with E-state index in [2.05, 4.69) is 5.32 Å². The summed E-state index contributed by atoms with van der Waals surface area (Å²) in [6, 6.07) is 0.809. The van der Waals surface area contributed by atoms with E-state index < -0.39 is 0 Å². The zero-order chi connectivity index (χ0) is 10.8. The van der Waals surface area contributed by atoms with Gasteiger partial charge in [0.25, 0.3) is 0 Å². The van der Waals surface area contributed by atoms with Crippen LogP contribution in [0.2, 0.25) is 0 Å². The fourth-order valence-electron chi connectivity index (χ4n) is 2.72. The maximum Gasteiger partial charge on any atom is 0.0831 e. The summed E-state index contributed by atoms with van der Waals surface area (Å²) in [4.78, 5) is 0. The minimum atomic E-state index is 0.363. The van der Waals surface area contributed by atoms with Crippen LogP contribution in [-0.2, 0) is 9.47 Å². The summed E-state index contributed by atoms with van der Waals surface area (Å²) in [7, 11) is 0. The number of ether oxygens (including phenoxy) is 2. The molecule has 3 fully saturated rings. The summed E-state index contributed by atoms with van der Waals surface area (Å²) in [5, 5.41) is 3.70. The fraction of sp³-hybridized carbons (Fsp3) is 1.00. The lowest BCUT2D eigenvalue weighted by atomic mass is 10.1. The Labute approximate surface area is 97.9 Å². The molecule has 0 aromatic carbocycles. The van der Waals surface area contributed by atoms with Crippen LogP contribution in [0.4, 0.5) is 0 Å². The summed E-state index contributed by atoms with van der Waals surface area (Å²) in [6.45, 7) is 3.55. The maximum atomic E-state index is 5.77. The van der Waals surface area contributed by atoms with Crippen LogP contribution >= 0.6 is 0 Å².